The van der Waals surface area contributed by atoms with Crippen molar-refractivity contribution in [1.82, 2.24) is 0 Å². The summed E-state index contributed by atoms with van der Waals surface area (Å²) in [7, 11) is 0. The summed E-state index contributed by atoms with van der Waals surface area (Å²) in [6, 6.07) is 0. The summed E-state index contributed by atoms with van der Waals surface area (Å²) in [5.41, 5.74) is 0. The van der Waals surface area contributed by atoms with Gasteiger partial charge < -0.3 is 5.48 Å². The quantitative estimate of drug-likeness (QED) is 0.314. The van der Waals surface area contributed by atoms with E-state index in [1.807, 2.05) is 0 Å². The minimum absolute atomic E-state index is 0. The van der Waals surface area contributed by atoms with Crippen LogP contribution in [-0.4, -0.2) is 0 Å². The number of hydrogen-bond donors (Lipinski definition) is 0. The molecule has 0 unspecified atom stereocenters. The minimum atomic E-state index is 0. The molecule has 0 aromatic rings. The van der Waals surface area contributed by atoms with Crippen LogP contribution in [0.3, 0.4) is 0 Å². The third kappa shape index (κ3) is 12700000. The van der Waals surface area contributed by atoms with Gasteiger partial charge in [-0.3, -0.25) is 0 Å². The maximum absolute atomic E-state index is 5.00. The second-order valence-electron chi connectivity index (χ2n) is 4.95. The molecular weight excluding hydrogens is 364 g/mol. The average molecular weight is 472 g/mol. The zero-order valence-electron chi connectivity index (χ0n) is 27.5. The van der Waals surface area contributed by atoms with Gasteiger partial charge >= 0.3 is 0 Å². The van der Waals surface area contributed by atoms with E-state index < -0.39 is 0 Å². The number of hydrogen-bond acceptors (Lipinski definition) is 0. The first-order chi connectivity index (χ1) is 13.9. The van der Waals surface area contributed by atoms with Gasteiger partial charge in [0.2, 0.25) is 0 Å². The first-order valence-electron chi connectivity index (χ1n) is 13.9. The monoisotopic (exact) mass is 472 g/mol. The highest BCUT2D eigenvalue weighted by Gasteiger charge is 1.37. The Labute approximate surface area is 219 Å². The molecule has 0 saturated heterocycles. The van der Waals surface area contributed by atoms with Gasteiger partial charge in [0, 0.05) is 11.9 Å². The standard InChI is InChI=1S/7C3H8.8CH4.H2O.4H2/c7*1-3-2;;;;;;;;;;;;;/h7*3H2,1-2H3;8*1H4;1H2;4*1H/p+1/i;;;;;;;;;;;;;;;;4*1+1D. The van der Waals surface area contributed by atoms with Crippen molar-refractivity contribution in [2.45, 2.75) is 201 Å². The fraction of sp³-hybridized carbons (Fsp3) is 1.00. The van der Waals surface area contributed by atoms with Crippen LogP contribution < -0.4 is 0 Å². The van der Waals surface area contributed by atoms with Gasteiger partial charge in [-0.1, -0.05) is 201 Å². The SMILES string of the molecule is C.C.C.C.C.C.C.C.CCC.CCC.CCC.CCC.CCC.CCC.CCC.[2H][2H].[2H][2H].[2H][2H].[2H][2H].[OH3+]. The normalized spacial score (nSPS) is 5.27. The topological polar surface area (TPSA) is 33.0 Å². The Bertz CT molecular complexity index is 54.2. The minimum Gasteiger partial charge on any atom is -0.457 e. The van der Waals surface area contributed by atoms with Crippen LogP contribution in [0, 0.1) is 0 Å². The van der Waals surface area contributed by atoms with Crippen LogP contribution >= 0.6 is 0 Å². The lowest BCUT2D eigenvalue weighted by Crippen LogP contribution is -1.27. The van der Waals surface area contributed by atoms with Crippen molar-refractivity contribution in [1.29, 1.82) is 0 Å². The summed E-state index contributed by atoms with van der Waals surface area (Å²) in [5, 5.41) is 0. The molecule has 0 aliphatic rings. The Morgan fingerprint density at radius 2 is 0.267 bits per heavy atom. The van der Waals surface area contributed by atoms with Crippen LogP contribution in [0.4, 0.5) is 0 Å². The van der Waals surface area contributed by atoms with Crippen LogP contribution in [0.1, 0.15) is 213 Å². The number of rotatable bonds is 0. The molecule has 0 radical (unpaired) electrons. The molecule has 3 N–H and O–H groups in total. The maximum Gasteiger partial charge on any atom is 0 e. The third-order valence-electron chi connectivity index (χ3n) is 0. The smallest absolute Gasteiger partial charge is 0 e. The molecule has 0 amide bonds. The molecule has 0 aliphatic carbocycles. The summed E-state index contributed by atoms with van der Waals surface area (Å²) < 4.78 is 40.0. The molecule has 0 heterocycles. The van der Waals surface area contributed by atoms with Gasteiger partial charge in [0.1, 0.15) is 0 Å². The maximum atomic E-state index is 5.00. The summed E-state index contributed by atoms with van der Waals surface area (Å²) >= 11 is 0. The lowest BCUT2D eigenvalue weighted by atomic mass is 10.6. The van der Waals surface area contributed by atoms with Crippen molar-refractivity contribution in [3.05, 3.63) is 0 Å². The Morgan fingerprint density at radius 3 is 0.267 bits per heavy atom. The second-order valence-corrected chi connectivity index (χ2v) is 4.95. The molecule has 0 aromatic carbocycles. The van der Waals surface area contributed by atoms with E-state index in [0.717, 1.165) is 0 Å². The molecule has 1 nitrogen and oxygen atoms in total. The van der Waals surface area contributed by atoms with Crippen molar-refractivity contribution < 1.29 is 17.4 Å². The van der Waals surface area contributed by atoms with Gasteiger partial charge in [0.25, 0.3) is 0 Å². The molecular formula is C29H99O+. The van der Waals surface area contributed by atoms with Crippen LogP contribution in [0.25, 0.3) is 0 Å². The van der Waals surface area contributed by atoms with E-state index in [4.69, 9.17) is 11.9 Å². The van der Waals surface area contributed by atoms with E-state index in [-0.39, 0.29) is 64.9 Å². The average Bonchev–Trinajstić information content (AvgIpc) is 2.72. The van der Waals surface area contributed by atoms with Gasteiger partial charge in [-0.15, -0.1) is 0 Å². The van der Waals surface area contributed by atoms with Crippen LogP contribution in [0.2, 0.25) is 0 Å². The van der Waals surface area contributed by atoms with E-state index in [1.165, 1.54) is 44.9 Å². The van der Waals surface area contributed by atoms with Crippen LogP contribution in [0.5, 0.6) is 0 Å². The molecule has 0 fully saturated rings. The molecule has 0 spiro atoms. The second kappa shape index (κ2) is 467. The molecule has 0 rings (SSSR count). The van der Waals surface area contributed by atoms with Gasteiger partial charge in [-0.25, -0.2) is 0 Å². The summed E-state index contributed by atoms with van der Waals surface area (Å²) in [4.78, 5) is 0. The van der Waals surface area contributed by atoms with Gasteiger partial charge in [0.05, 0.1) is 0 Å². The lowest BCUT2D eigenvalue weighted by Gasteiger charge is -1.48. The highest BCUT2D eigenvalue weighted by Crippen LogP contribution is 1.58. The Balaban J connectivity index is -0.00000000511. The highest BCUT2D eigenvalue weighted by molar-refractivity contribution is 3.94. The predicted molar refractivity (Wildman–Crippen MR) is 179 cm³/mol. The molecule has 30 heavy (non-hydrogen) atoms. The predicted octanol–water partition coefficient (Wildman–Crippen LogP) is 15.1. The van der Waals surface area contributed by atoms with Crippen LogP contribution in [-0.2, 0) is 5.48 Å². The van der Waals surface area contributed by atoms with Gasteiger partial charge in [0.15, 0.2) is 0 Å². The molecule has 1 heteroatoms. The molecule has 0 aliphatic heterocycles. The fourth-order valence-electron chi connectivity index (χ4n) is 0. The van der Waals surface area contributed by atoms with Gasteiger partial charge in [-0.05, 0) is 0 Å². The Morgan fingerprint density at radius 1 is 0.267 bits per heavy atom. The molecule has 220 valence electrons. The van der Waals surface area contributed by atoms with Crippen molar-refractivity contribution in [2.24, 2.45) is 0 Å². The summed E-state index contributed by atoms with van der Waals surface area (Å²) in [5.74, 6) is 0. The first-order valence-corrected chi connectivity index (χ1v) is 9.90. The van der Waals surface area contributed by atoms with E-state index in [9.17, 15) is 0 Å². The molecule has 0 atom stereocenters. The fourth-order valence-corrected chi connectivity index (χ4v) is 0. The Hall–Kier alpha value is -0.0400. The van der Waals surface area contributed by atoms with Crippen molar-refractivity contribution in [3.63, 3.8) is 0 Å². The van der Waals surface area contributed by atoms with Crippen molar-refractivity contribution in [2.75, 3.05) is 0 Å². The zero-order valence-corrected chi connectivity index (χ0v) is 19.5. The lowest BCUT2D eigenvalue weighted by molar-refractivity contribution is 0.686. The van der Waals surface area contributed by atoms with Crippen LogP contribution in [0.15, 0.2) is 0 Å². The van der Waals surface area contributed by atoms with E-state index >= 15 is 0 Å². The first kappa shape index (κ1) is 77.9. The third-order valence-corrected chi connectivity index (χ3v) is 0. The molecule has 0 aromatic heterocycles. The Kier molecular flexibility index (Phi) is 1210. The molecule has 0 bridgehead atoms. The van der Waals surface area contributed by atoms with E-state index in [1.54, 1.807) is 0 Å². The largest absolute Gasteiger partial charge is 0.457 e. The van der Waals surface area contributed by atoms with E-state index in [0.29, 0.717) is 0 Å². The van der Waals surface area contributed by atoms with Crippen molar-refractivity contribution >= 4 is 0 Å². The van der Waals surface area contributed by atoms with E-state index in [2.05, 4.69) is 96.9 Å². The zero-order chi connectivity index (χ0) is 26.9. The summed E-state index contributed by atoms with van der Waals surface area (Å²) in [6.45, 7) is 29.8. The van der Waals surface area contributed by atoms with Gasteiger partial charge in [-0.2, -0.15) is 0 Å². The summed E-state index contributed by atoms with van der Waals surface area (Å²) in [6.07, 6.45) is 8.75. The molecule has 0 saturated carbocycles. The van der Waals surface area contributed by atoms with Crippen molar-refractivity contribution in [3.8, 4) is 0 Å². The highest BCUT2D eigenvalue weighted by atomic mass is 16.0.